The number of hydrogen-bond donors (Lipinski definition) is 3. The Kier molecular flexibility index (Phi) is 37.9. The first-order valence-electron chi connectivity index (χ1n) is 20.7. The molecule has 0 radical (unpaired) electrons. The van der Waals surface area contributed by atoms with Crippen molar-refractivity contribution in [3.63, 3.8) is 0 Å². The van der Waals surface area contributed by atoms with Crippen LogP contribution in [0.5, 0.6) is 0 Å². The maximum atomic E-state index is 12.3. The van der Waals surface area contributed by atoms with Gasteiger partial charge in [-0.05, 0) is 57.8 Å². The lowest BCUT2D eigenvalue weighted by molar-refractivity contribution is -0.123. The van der Waals surface area contributed by atoms with Crippen molar-refractivity contribution >= 4 is 5.91 Å². The van der Waals surface area contributed by atoms with Crippen molar-refractivity contribution in [2.45, 2.75) is 225 Å². The molecule has 0 aromatic rings. The molecule has 0 rings (SSSR count). The molecule has 0 aromatic heterocycles. The molecule has 2 unspecified atom stereocenters. The SMILES string of the molecule is CCCCCCCCC/C=C\CCCCCCCC(=O)NC(CO)C(O)/C=C/CC/C=C/CCCCCCCCCCCCCCC. The fourth-order valence-corrected chi connectivity index (χ4v) is 6.13. The number of rotatable bonds is 37. The summed E-state index contributed by atoms with van der Waals surface area (Å²) >= 11 is 0. The molecule has 3 N–H and O–H groups in total. The van der Waals surface area contributed by atoms with Crippen LogP contribution in [0.25, 0.3) is 0 Å². The molecule has 0 heterocycles. The number of hydrogen-bond acceptors (Lipinski definition) is 3. The fourth-order valence-electron chi connectivity index (χ4n) is 6.13. The molecule has 47 heavy (non-hydrogen) atoms. The average Bonchev–Trinajstić information content (AvgIpc) is 3.07. The van der Waals surface area contributed by atoms with E-state index in [0.717, 1.165) is 44.9 Å². The summed E-state index contributed by atoms with van der Waals surface area (Å²) in [4.78, 5) is 12.3. The van der Waals surface area contributed by atoms with Crippen molar-refractivity contribution in [1.29, 1.82) is 0 Å². The molecule has 0 aliphatic rings. The van der Waals surface area contributed by atoms with Crippen molar-refractivity contribution in [2.75, 3.05) is 6.61 Å². The van der Waals surface area contributed by atoms with Gasteiger partial charge >= 0.3 is 0 Å². The highest BCUT2D eigenvalue weighted by molar-refractivity contribution is 5.76. The summed E-state index contributed by atoms with van der Waals surface area (Å²) in [7, 11) is 0. The summed E-state index contributed by atoms with van der Waals surface area (Å²) in [5, 5.41) is 22.9. The Bertz CT molecular complexity index is 716. The molecule has 0 saturated carbocycles. The molecular weight excluding hydrogens is 578 g/mol. The van der Waals surface area contributed by atoms with Crippen molar-refractivity contribution in [3.8, 4) is 0 Å². The van der Waals surface area contributed by atoms with Crippen molar-refractivity contribution < 1.29 is 15.0 Å². The number of unbranched alkanes of at least 4 members (excludes halogenated alkanes) is 26. The molecule has 4 heteroatoms. The quantitative estimate of drug-likeness (QED) is 0.0459. The third kappa shape index (κ3) is 35.7. The van der Waals surface area contributed by atoms with Crippen molar-refractivity contribution in [3.05, 3.63) is 36.5 Å². The summed E-state index contributed by atoms with van der Waals surface area (Å²) in [5.74, 6) is -0.0825. The van der Waals surface area contributed by atoms with Crippen LogP contribution in [-0.2, 0) is 4.79 Å². The molecule has 0 fully saturated rings. The number of carbonyl (C=O) groups excluding carboxylic acids is 1. The summed E-state index contributed by atoms with van der Waals surface area (Å²) in [6.45, 7) is 4.29. The number of allylic oxidation sites excluding steroid dienone is 5. The fraction of sp³-hybridized carbons (Fsp3) is 0.837. The Hall–Kier alpha value is -1.39. The number of amides is 1. The van der Waals surface area contributed by atoms with Crippen LogP contribution in [-0.4, -0.2) is 34.9 Å². The van der Waals surface area contributed by atoms with Crippen LogP contribution in [0, 0.1) is 0 Å². The van der Waals surface area contributed by atoms with Crippen LogP contribution < -0.4 is 5.32 Å². The summed E-state index contributed by atoms with van der Waals surface area (Å²) in [6.07, 6.45) is 51.0. The smallest absolute Gasteiger partial charge is 0.220 e. The van der Waals surface area contributed by atoms with E-state index < -0.39 is 12.1 Å². The van der Waals surface area contributed by atoms with Crippen LogP contribution in [0.15, 0.2) is 36.5 Å². The van der Waals surface area contributed by atoms with E-state index in [0.29, 0.717) is 6.42 Å². The highest BCUT2D eigenvalue weighted by atomic mass is 16.3. The first-order chi connectivity index (χ1) is 23.2. The van der Waals surface area contributed by atoms with Gasteiger partial charge in [-0.15, -0.1) is 0 Å². The number of aliphatic hydroxyl groups excluding tert-OH is 2. The zero-order chi connectivity index (χ0) is 34.3. The lowest BCUT2D eigenvalue weighted by atomic mass is 10.0. The molecule has 0 bridgehead atoms. The monoisotopic (exact) mass is 660 g/mol. The normalized spacial score (nSPS) is 13.4. The van der Waals surface area contributed by atoms with E-state index in [4.69, 9.17) is 0 Å². The topological polar surface area (TPSA) is 69.6 Å². The van der Waals surface area contributed by atoms with E-state index in [1.165, 1.54) is 148 Å². The summed E-state index contributed by atoms with van der Waals surface area (Å²) in [5.41, 5.74) is 0. The van der Waals surface area contributed by atoms with E-state index in [2.05, 4.69) is 43.5 Å². The molecule has 0 spiro atoms. The van der Waals surface area contributed by atoms with Crippen LogP contribution in [0.2, 0.25) is 0 Å². The Balaban J connectivity index is 3.64. The molecule has 0 saturated heterocycles. The van der Waals surface area contributed by atoms with Crippen molar-refractivity contribution in [1.82, 2.24) is 5.32 Å². The predicted octanol–water partition coefficient (Wildman–Crippen LogP) is 12.6. The molecule has 2 atom stereocenters. The van der Waals surface area contributed by atoms with Gasteiger partial charge in [0, 0.05) is 6.42 Å². The highest BCUT2D eigenvalue weighted by Gasteiger charge is 2.17. The van der Waals surface area contributed by atoms with E-state index in [-0.39, 0.29) is 12.5 Å². The molecule has 4 nitrogen and oxygen atoms in total. The molecule has 0 aliphatic heterocycles. The Morgan fingerprint density at radius 1 is 0.489 bits per heavy atom. The van der Waals surface area contributed by atoms with Gasteiger partial charge in [-0.25, -0.2) is 0 Å². The third-order valence-electron chi connectivity index (χ3n) is 9.35. The largest absolute Gasteiger partial charge is 0.394 e. The van der Waals surface area contributed by atoms with Gasteiger partial charge in [0.25, 0.3) is 0 Å². The van der Waals surface area contributed by atoms with Crippen LogP contribution in [0.1, 0.15) is 213 Å². The van der Waals surface area contributed by atoms with Crippen LogP contribution >= 0.6 is 0 Å². The molecule has 0 aromatic carbocycles. The van der Waals surface area contributed by atoms with E-state index in [1.54, 1.807) is 6.08 Å². The van der Waals surface area contributed by atoms with E-state index in [9.17, 15) is 15.0 Å². The lowest BCUT2D eigenvalue weighted by Gasteiger charge is -2.19. The zero-order valence-corrected chi connectivity index (χ0v) is 31.5. The van der Waals surface area contributed by atoms with Gasteiger partial charge in [0.15, 0.2) is 0 Å². The number of carbonyl (C=O) groups is 1. The second-order valence-corrected chi connectivity index (χ2v) is 14.0. The Labute approximate surface area is 293 Å². The second-order valence-electron chi connectivity index (χ2n) is 14.0. The van der Waals surface area contributed by atoms with E-state index in [1.807, 2.05) is 6.08 Å². The van der Waals surface area contributed by atoms with Crippen molar-refractivity contribution in [2.24, 2.45) is 0 Å². The van der Waals surface area contributed by atoms with Gasteiger partial charge in [-0.1, -0.05) is 185 Å². The minimum absolute atomic E-state index is 0.0825. The minimum atomic E-state index is -0.863. The summed E-state index contributed by atoms with van der Waals surface area (Å²) < 4.78 is 0. The minimum Gasteiger partial charge on any atom is -0.394 e. The molecule has 0 aliphatic carbocycles. The maximum Gasteiger partial charge on any atom is 0.220 e. The molecule has 1 amide bonds. The van der Waals surface area contributed by atoms with Gasteiger partial charge in [0.1, 0.15) is 0 Å². The summed E-state index contributed by atoms with van der Waals surface area (Å²) in [6, 6.07) is -0.641. The van der Waals surface area contributed by atoms with Gasteiger partial charge < -0.3 is 15.5 Å². The Morgan fingerprint density at radius 2 is 0.830 bits per heavy atom. The first kappa shape index (κ1) is 45.6. The standard InChI is InChI=1S/C43H81NO3/c1-3-5-7-9-11-13-15-17-19-21-22-23-24-26-28-30-32-34-36-38-42(46)41(40-45)44-43(47)39-37-35-33-31-29-27-25-20-18-16-14-12-10-8-6-4-2/h20,25,28,30,36,38,41-42,45-46H,3-19,21-24,26-27,29,31-35,37,39-40H2,1-2H3,(H,44,47)/b25-20-,30-28+,38-36+. The van der Waals surface area contributed by atoms with Crippen LogP contribution in [0.4, 0.5) is 0 Å². The molecule has 276 valence electrons. The van der Waals surface area contributed by atoms with Gasteiger partial charge in [-0.2, -0.15) is 0 Å². The third-order valence-corrected chi connectivity index (χ3v) is 9.35. The van der Waals surface area contributed by atoms with Gasteiger partial charge in [0.05, 0.1) is 18.8 Å². The second kappa shape index (κ2) is 39.1. The average molecular weight is 660 g/mol. The zero-order valence-electron chi connectivity index (χ0n) is 31.5. The highest BCUT2D eigenvalue weighted by Crippen LogP contribution is 2.14. The van der Waals surface area contributed by atoms with Crippen LogP contribution in [0.3, 0.4) is 0 Å². The number of aliphatic hydroxyl groups is 2. The number of nitrogens with one attached hydrogen (secondary N) is 1. The van der Waals surface area contributed by atoms with E-state index >= 15 is 0 Å². The first-order valence-corrected chi connectivity index (χ1v) is 20.7. The Morgan fingerprint density at radius 3 is 1.23 bits per heavy atom. The van der Waals surface area contributed by atoms with Gasteiger partial charge in [0.2, 0.25) is 5.91 Å². The predicted molar refractivity (Wildman–Crippen MR) is 207 cm³/mol. The maximum absolute atomic E-state index is 12.3. The lowest BCUT2D eigenvalue weighted by Crippen LogP contribution is -2.45. The molecular formula is C43H81NO3. The van der Waals surface area contributed by atoms with Gasteiger partial charge in [-0.3, -0.25) is 4.79 Å².